The van der Waals surface area contributed by atoms with Gasteiger partial charge >= 0.3 is 0 Å². The summed E-state index contributed by atoms with van der Waals surface area (Å²) < 4.78 is 0. The van der Waals surface area contributed by atoms with Crippen molar-refractivity contribution in [3.05, 3.63) is 53.9 Å². The maximum Gasteiger partial charge on any atom is 0.257 e. The van der Waals surface area contributed by atoms with E-state index in [0.717, 1.165) is 11.4 Å². The van der Waals surface area contributed by atoms with Gasteiger partial charge in [-0.3, -0.25) is 9.78 Å². The number of amides is 1. The molecule has 0 spiro atoms. The van der Waals surface area contributed by atoms with E-state index in [9.17, 15) is 4.79 Å². The molecule has 1 aromatic carbocycles. The molecule has 0 saturated carbocycles. The fraction of sp³-hybridized carbons (Fsp3) is 0.200. The van der Waals surface area contributed by atoms with Crippen LogP contribution >= 0.6 is 0 Å². The average Bonchev–Trinajstić information content (AvgIpc) is 2.48. The number of nitrogens with one attached hydrogen (secondary N) is 1. The molecule has 0 aliphatic rings. The molecule has 104 valence electrons. The summed E-state index contributed by atoms with van der Waals surface area (Å²) in [5, 5.41) is 11.7. The Morgan fingerprint density at radius 3 is 2.40 bits per heavy atom. The highest BCUT2D eigenvalue weighted by Crippen LogP contribution is 2.16. The van der Waals surface area contributed by atoms with Crippen molar-refractivity contribution < 1.29 is 9.90 Å². The molecule has 20 heavy (non-hydrogen) atoms. The molecule has 0 aliphatic carbocycles. The minimum Gasteiger partial charge on any atom is -0.390 e. The van der Waals surface area contributed by atoms with Crippen LogP contribution < -0.4 is 10.2 Å². The van der Waals surface area contributed by atoms with Gasteiger partial charge in [0.05, 0.1) is 17.9 Å². The zero-order valence-electron chi connectivity index (χ0n) is 11.5. The molecule has 0 unspecified atom stereocenters. The van der Waals surface area contributed by atoms with Crippen LogP contribution in [0.15, 0.2) is 42.6 Å². The highest BCUT2D eigenvalue weighted by atomic mass is 16.3. The molecule has 2 aromatic rings. The Morgan fingerprint density at radius 1 is 1.20 bits per heavy atom. The number of pyridine rings is 1. The first-order valence-corrected chi connectivity index (χ1v) is 6.24. The zero-order chi connectivity index (χ0) is 14.5. The van der Waals surface area contributed by atoms with Crippen molar-refractivity contribution >= 4 is 17.3 Å². The van der Waals surface area contributed by atoms with Crippen molar-refractivity contribution in [1.82, 2.24) is 4.98 Å². The molecule has 2 rings (SSSR count). The van der Waals surface area contributed by atoms with E-state index in [4.69, 9.17) is 5.11 Å². The van der Waals surface area contributed by atoms with Crippen LogP contribution in [0.2, 0.25) is 0 Å². The smallest absolute Gasteiger partial charge is 0.257 e. The second-order valence-corrected chi connectivity index (χ2v) is 4.59. The van der Waals surface area contributed by atoms with E-state index in [1.165, 1.54) is 6.20 Å². The summed E-state index contributed by atoms with van der Waals surface area (Å²) in [6, 6.07) is 10.8. The van der Waals surface area contributed by atoms with E-state index in [1.807, 2.05) is 43.3 Å². The molecule has 5 nitrogen and oxygen atoms in total. The summed E-state index contributed by atoms with van der Waals surface area (Å²) in [4.78, 5) is 18.0. The molecule has 1 aromatic heterocycles. The third-order valence-electron chi connectivity index (χ3n) is 2.89. The Balaban J connectivity index is 2.06. The fourth-order valence-corrected chi connectivity index (χ4v) is 1.70. The lowest BCUT2D eigenvalue weighted by Crippen LogP contribution is -2.13. The average molecular weight is 271 g/mol. The van der Waals surface area contributed by atoms with E-state index >= 15 is 0 Å². The maximum atomic E-state index is 12.0. The first-order valence-electron chi connectivity index (χ1n) is 6.24. The van der Waals surface area contributed by atoms with Gasteiger partial charge in [-0.15, -0.1) is 0 Å². The lowest BCUT2D eigenvalue weighted by molar-refractivity contribution is 0.102. The first-order chi connectivity index (χ1) is 9.60. The lowest BCUT2D eigenvalue weighted by atomic mass is 10.2. The van der Waals surface area contributed by atoms with Crippen LogP contribution in [-0.4, -0.2) is 30.1 Å². The molecule has 0 saturated heterocycles. The van der Waals surface area contributed by atoms with Crippen LogP contribution in [0.4, 0.5) is 11.4 Å². The number of hydrogen-bond donors (Lipinski definition) is 2. The van der Waals surface area contributed by atoms with Crippen LogP contribution in [0.3, 0.4) is 0 Å². The minimum atomic E-state index is -0.223. The topological polar surface area (TPSA) is 65.5 Å². The summed E-state index contributed by atoms with van der Waals surface area (Å²) in [5.41, 5.74) is 2.79. The second-order valence-electron chi connectivity index (χ2n) is 4.59. The minimum absolute atomic E-state index is 0.131. The fourth-order valence-electron chi connectivity index (χ4n) is 1.70. The van der Waals surface area contributed by atoms with Crippen molar-refractivity contribution in [1.29, 1.82) is 0 Å². The second kappa shape index (κ2) is 6.16. The molecule has 0 aliphatic heterocycles. The van der Waals surface area contributed by atoms with Crippen LogP contribution in [0, 0.1) is 0 Å². The molecular weight excluding hydrogens is 254 g/mol. The molecule has 0 radical (unpaired) electrons. The Labute approximate surface area is 117 Å². The van der Waals surface area contributed by atoms with E-state index < -0.39 is 0 Å². The number of carbonyl (C=O) groups is 1. The van der Waals surface area contributed by atoms with Gasteiger partial charge in [-0.05, 0) is 36.4 Å². The predicted molar refractivity (Wildman–Crippen MR) is 78.9 cm³/mol. The third kappa shape index (κ3) is 3.33. The van der Waals surface area contributed by atoms with Crippen LogP contribution in [0.1, 0.15) is 16.1 Å². The number of benzene rings is 1. The van der Waals surface area contributed by atoms with E-state index in [0.29, 0.717) is 11.3 Å². The van der Waals surface area contributed by atoms with Gasteiger partial charge in [0.15, 0.2) is 0 Å². The quantitative estimate of drug-likeness (QED) is 0.891. The Kier molecular flexibility index (Phi) is 4.32. The molecule has 5 heteroatoms. The summed E-state index contributed by atoms with van der Waals surface area (Å²) in [6.45, 7) is -0.131. The van der Waals surface area contributed by atoms with Crippen molar-refractivity contribution in [2.24, 2.45) is 0 Å². The SMILES string of the molecule is CN(C)c1ccc(NC(=O)c2ccc(CO)nc2)cc1. The van der Waals surface area contributed by atoms with Crippen LogP contribution in [0.5, 0.6) is 0 Å². The molecule has 0 fully saturated rings. The highest BCUT2D eigenvalue weighted by molar-refractivity contribution is 6.04. The van der Waals surface area contributed by atoms with Gasteiger partial charge in [-0.2, -0.15) is 0 Å². The maximum absolute atomic E-state index is 12.0. The summed E-state index contributed by atoms with van der Waals surface area (Å²) in [7, 11) is 3.92. The highest BCUT2D eigenvalue weighted by Gasteiger charge is 2.06. The number of anilines is 2. The third-order valence-corrected chi connectivity index (χ3v) is 2.89. The van der Waals surface area contributed by atoms with Gasteiger partial charge < -0.3 is 15.3 Å². The Morgan fingerprint density at radius 2 is 1.90 bits per heavy atom. The molecule has 2 N–H and O–H groups in total. The molecule has 0 atom stereocenters. The normalized spacial score (nSPS) is 10.2. The Bertz CT molecular complexity index is 577. The van der Waals surface area contributed by atoms with E-state index in [-0.39, 0.29) is 12.5 Å². The number of nitrogens with zero attached hydrogens (tertiary/aromatic N) is 2. The van der Waals surface area contributed by atoms with Crippen molar-refractivity contribution in [3.8, 4) is 0 Å². The molecule has 0 bridgehead atoms. The molecule has 1 heterocycles. The van der Waals surface area contributed by atoms with Gasteiger partial charge in [0.2, 0.25) is 0 Å². The number of aromatic nitrogens is 1. The van der Waals surface area contributed by atoms with Gasteiger partial charge in [0.1, 0.15) is 0 Å². The number of aliphatic hydroxyl groups is 1. The number of hydrogen-bond acceptors (Lipinski definition) is 4. The summed E-state index contributed by atoms with van der Waals surface area (Å²) >= 11 is 0. The number of aliphatic hydroxyl groups excluding tert-OH is 1. The summed E-state index contributed by atoms with van der Waals surface area (Å²) in [6.07, 6.45) is 1.45. The first kappa shape index (κ1) is 14.0. The Hall–Kier alpha value is -2.40. The van der Waals surface area contributed by atoms with Gasteiger partial charge in [-0.25, -0.2) is 0 Å². The van der Waals surface area contributed by atoms with Gasteiger partial charge in [-0.1, -0.05) is 0 Å². The van der Waals surface area contributed by atoms with E-state index in [1.54, 1.807) is 12.1 Å². The zero-order valence-corrected chi connectivity index (χ0v) is 11.5. The van der Waals surface area contributed by atoms with Gasteiger partial charge in [0.25, 0.3) is 5.91 Å². The molecular formula is C15H17N3O2. The van der Waals surface area contributed by atoms with Crippen LogP contribution in [-0.2, 0) is 6.61 Å². The summed E-state index contributed by atoms with van der Waals surface area (Å²) in [5.74, 6) is -0.223. The van der Waals surface area contributed by atoms with Crippen molar-refractivity contribution in [3.63, 3.8) is 0 Å². The standard InChI is InChI=1S/C15H17N3O2/c1-18(2)14-7-5-12(6-8-14)17-15(20)11-3-4-13(10-19)16-9-11/h3-9,19H,10H2,1-2H3,(H,17,20). The van der Waals surface area contributed by atoms with Crippen molar-refractivity contribution in [2.45, 2.75) is 6.61 Å². The predicted octanol–water partition coefficient (Wildman–Crippen LogP) is 1.89. The number of carbonyl (C=O) groups excluding carboxylic acids is 1. The van der Waals surface area contributed by atoms with Crippen molar-refractivity contribution in [2.75, 3.05) is 24.3 Å². The largest absolute Gasteiger partial charge is 0.390 e. The van der Waals surface area contributed by atoms with E-state index in [2.05, 4.69) is 10.3 Å². The molecule has 1 amide bonds. The van der Waals surface area contributed by atoms with Gasteiger partial charge in [0, 0.05) is 31.7 Å². The lowest BCUT2D eigenvalue weighted by Gasteiger charge is -2.13. The number of rotatable bonds is 4. The van der Waals surface area contributed by atoms with Crippen LogP contribution in [0.25, 0.3) is 0 Å². The monoisotopic (exact) mass is 271 g/mol.